The molecule has 0 fully saturated rings. The predicted molar refractivity (Wildman–Crippen MR) is 103 cm³/mol. The Balaban J connectivity index is 1.50. The van der Waals surface area contributed by atoms with Crippen LogP contribution in [0.3, 0.4) is 0 Å². The molecule has 0 bridgehead atoms. The molecule has 0 saturated carbocycles. The van der Waals surface area contributed by atoms with Gasteiger partial charge in [-0.25, -0.2) is 0 Å². The third-order valence-electron chi connectivity index (χ3n) is 4.15. The Kier molecular flexibility index (Phi) is 4.80. The zero-order chi connectivity index (χ0) is 18.6. The van der Waals surface area contributed by atoms with Gasteiger partial charge >= 0.3 is 0 Å². The van der Waals surface area contributed by atoms with Crippen molar-refractivity contribution < 1.29 is 4.79 Å². The molecular weight excluding hydrogens is 362 g/mol. The second-order valence-electron chi connectivity index (χ2n) is 6.02. The van der Waals surface area contributed by atoms with Gasteiger partial charge in [0.25, 0.3) is 0 Å². The first-order valence-electron chi connectivity index (χ1n) is 8.47. The van der Waals surface area contributed by atoms with E-state index in [4.69, 9.17) is 11.6 Å². The van der Waals surface area contributed by atoms with E-state index in [2.05, 4.69) is 20.6 Å². The van der Waals surface area contributed by atoms with E-state index in [1.165, 1.54) is 0 Å². The van der Waals surface area contributed by atoms with E-state index in [9.17, 15) is 4.79 Å². The zero-order valence-electron chi connectivity index (χ0n) is 14.3. The molecule has 0 spiro atoms. The van der Waals surface area contributed by atoms with Crippen LogP contribution >= 0.6 is 11.6 Å². The molecule has 134 valence electrons. The number of nitrogens with one attached hydrogen (secondary N) is 1. The summed E-state index contributed by atoms with van der Waals surface area (Å²) in [5.74, 6) is 0.425. The first-order chi connectivity index (χ1) is 13.2. The van der Waals surface area contributed by atoms with Crippen LogP contribution in [0, 0.1) is 0 Å². The second-order valence-corrected chi connectivity index (χ2v) is 6.42. The highest BCUT2D eigenvalue weighted by molar-refractivity contribution is 6.31. The zero-order valence-corrected chi connectivity index (χ0v) is 15.1. The van der Waals surface area contributed by atoms with Gasteiger partial charge in [-0.15, -0.1) is 10.2 Å². The summed E-state index contributed by atoms with van der Waals surface area (Å²) < 4.78 is 1.65. The van der Waals surface area contributed by atoms with Gasteiger partial charge in [0.2, 0.25) is 5.91 Å². The lowest BCUT2D eigenvalue weighted by atomic mass is 10.1. The molecule has 0 unspecified atom stereocenters. The maximum absolute atomic E-state index is 12.2. The number of hydrogen-bond donors (Lipinski definition) is 1. The van der Waals surface area contributed by atoms with Gasteiger partial charge in [0.1, 0.15) is 0 Å². The number of fused-ring (bicyclic) bond motifs is 1. The number of benzene rings is 2. The monoisotopic (exact) mass is 377 g/mol. The smallest absolute Gasteiger partial charge is 0.224 e. The molecular formula is C20H16ClN5O. The van der Waals surface area contributed by atoms with Gasteiger partial charge in [0.15, 0.2) is 11.5 Å². The molecule has 0 aliphatic heterocycles. The van der Waals surface area contributed by atoms with E-state index in [1.807, 2.05) is 60.7 Å². The van der Waals surface area contributed by atoms with Gasteiger partial charge in [-0.2, -0.15) is 9.61 Å². The highest BCUT2D eigenvalue weighted by atomic mass is 35.5. The molecule has 1 N–H and O–H groups in total. The van der Waals surface area contributed by atoms with Gasteiger partial charge < -0.3 is 5.32 Å². The van der Waals surface area contributed by atoms with Crippen LogP contribution in [0.15, 0.2) is 66.7 Å². The molecule has 2 heterocycles. The fourth-order valence-electron chi connectivity index (χ4n) is 2.76. The molecule has 7 heteroatoms. The molecule has 0 aliphatic rings. The van der Waals surface area contributed by atoms with Crippen molar-refractivity contribution in [1.82, 2.24) is 25.1 Å². The van der Waals surface area contributed by atoms with Crippen LogP contribution in [0.5, 0.6) is 0 Å². The highest BCUT2D eigenvalue weighted by Gasteiger charge is 2.11. The van der Waals surface area contributed by atoms with E-state index < -0.39 is 0 Å². The summed E-state index contributed by atoms with van der Waals surface area (Å²) in [6.45, 7) is 0.232. The molecule has 4 rings (SSSR count). The van der Waals surface area contributed by atoms with Crippen molar-refractivity contribution in [3.8, 4) is 11.3 Å². The third-order valence-corrected chi connectivity index (χ3v) is 4.52. The summed E-state index contributed by atoms with van der Waals surface area (Å²) in [6.07, 6.45) is 0.207. The maximum Gasteiger partial charge on any atom is 0.224 e. The number of rotatable bonds is 5. The number of nitrogens with zero attached hydrogens (tertiary/aromatic N) is 4. The standard InChI is InChI=1S/C20H16ClN5O/c21-16-9-5-4-8-15(16)12-20(27)22-13-19-24-23-18-11-10-17(25-26(18)19)14-6-2-1-3-7-14/h1-11H,12-13H2,(H,22,27). The lowest BCUT2D eigenvalue weighted by Gasteiger charge is -2.06. The minimum absolute atomic E-state index is 0.140. The SMILES string of the molecule is O=C(Cc1ccccc1Cl)NCc1nnc2ccc(-c3ccccc3)nn12. The van der Waals surface area contributed by atoms with Crippen LogP contribution in [0.2, 0.25) is 5.02 Å². The average Bonchev–Trinajstić information content (AvgIpc) is 3.11. The van der Waals surface area contributed by atoms with Gasteiger partial charge in [-0.3, -0.25) is 4.79 Å². The van der Waals surface area contributed by atoms with Crippen molar-refractivity contribution in [2.45, 2.75) is 13.0 Å². The second kappa shape index (κ2) is 7.55. The number of aromatic nitrogens is 4. The van der Waals surface area contributed by atoms with Crippen LogP contribution in [0.4, 0.5) is 0 Å². The van der Waals surface area contributed by atoms with E-state index in [-0.39, 0.29) is 18.9 Å². The summed E-state index contributed by atoms with van der Waals surface area (Å²) in [5, 5.41) is 16.3. The molecule has 0 aliphatic carbocycles. The lowest BCUT2D eigenvalue weighted by Crippen LogP contribution is -2.26. The topological polar surface area (TPSA) is 72.2 Å². The largest absolute Gasteiger partial charge is 0.348 e. The first kappa shape index (κ1) is 17.2. The minimum atomic E-state index is -0.140. The molecule has 0 atom stereocenters. The molecule has 2 aromatic carbocycles. The first-order valence-corrected chi connectivity index (χ1v) is 8.85. The number of halogens is 1. The number of carbonyl (C=O) groups is 1. The Morgan fingerprint density at radius 1 is 0.963 bits per heavy atom. The molecule has 4 aromatic rings. The van der Waals surface area contributed by atoms with Crippen LogP contribution in [0.25, 0.3) is 16.9 Å². The Hall–Kier alpha value is -3.25. The molecule has 0 radical (unpaired) electrons. The van der Waals surface area contributed by atoms with Crippen molar-refractivity contribution in [2.75, 3.05) is 0 Å². The Morgan fingerprint density at radius 2 is 1.74 bits per heavy atom. The Bertz CT molecular complexity index is 1090. The Labute approximate surface area is 160 Å². The van der Waals surface area contributed by atoms with Gasteiger partial charge in [-0.1, -0.05) is 60.1 Å². The fraction of sp³-hybridized carbons (Fsp3) is 0.100. The van der Waals surface area contributed by atoms with Gasteiger partial charge in [0.05, 0.1) is 18.7 Å². The van der Waals surface area contributed by atoms with Crippen molar-refractivity contribution in [2.24, 2.45) is 0 Å². The minimum Gasteiger partial charge on any atom is -0.348 e. The number of carbonyl (C=O) groups excluding carboxylic acids is 1. The van der Waals surface area contributed by atoms with Crippen molar-refractivity contribution in [1.29, 1.82) is 0 Å². The summed E-state index contributed by atoms with van der Waals surface area (Å²) in [6, 6.07) is 20.9. The van der Waals surface area contributed by atoms with E-state index in [1.54, 1.807) is 10.6 Å². The summed E-state index contributed by atoms with van der Waals surface area (Å²) in [5.41, 5.74) is 3.23. The predicted octanol–water partition coefficient (Wildman–Crippen LogP) is 3.30. The lowest BCUT2D eigenvalue weighted by molar-refractivity contribution is -0.120. The van der Waals surface area contributed by atoms with Gasteiger partial charge in [0, 0.05) is 10.6 Å². The Morgan fingerprint density at radius 3 is 2.56 bits per heavy atom. The summed E-state index contributed by atoms with van der Waals surface area (Å²) in [4.78, 5) is 12.2. The number of amides is 1. The average molecular weight is 378 g/mol. The summed E-state index contributed by atoms with van der Waals surface area (Å²) in [7, 11) is 0. The molecule has 0 saturated heterocycles. The maximum atomic E-state index is 12.2. The quantitative estimate of drug-likeness (QED) is 0.579. The van der Waals surface area contributed by atoms with E-state index in [0.29, 0.717) is 16.5 Å². The highest BCUT2D eigenvalue weighted by Crippen LogP contribution is 2.17. The normalized spacial score (nSPS) is 10.9. The molecule has 1 amide bonds. The van der Waals surface area contributed by atoms with E-state index in [0.717, 1.165) is 16.8 Å². The van der Waals surface area contributed by atoms with Crippen LogP contribution < -0.4 is 5.32 Å². The van der Waals surface area contributed by atoms with Crippen molar-refractivity contribution in [3.63, 3.8) is 0 Å². The number of hydrogen-bond acceptors (Lipinski definition) is 4. The third kappa shape index (κ3) is 3.80. The van der Waals surface area contributed by atoms with Crippen LogP contribution in [-0.4, -0.2) is 25.7 Å². The molecule has 2 aromatic heterocycles. The molecule has 6 nitrogen and oxygen atoms in total. The summed E-state index contributed by atoms with van der Waals surface area (Å²) >= 11 is 6.11. The van der Waals surface area contributed by atoms with Crippen LogP contribution in [0.1, 0.15) is 11.4 Å². The molecule has 27 heavy (non-hydrogen) atoms. The van der Waals surface area contributed by atoms with Crippen molar-refractivity contribution in [3.05, 3.63) is 83.1 Å². The van der Waals surface area contributed by atoms with Crippen molar-refractivity contribution >= 4 is 23.2 Å². The van der Waals surface area contributed by atoms with Gasteiger partial charge in [-0.05, 0) is 23.8 Å². The van der Waals surface area contributed by atoms with E-state index >= 15 is 0 Å². The fourth-order valence-corrected chi connectivity index (χ4v) is 2.96. The van der Waals surface area contributed by atoms with Crippen LogP contribution in [-0.2, 0) is 17.8 Å².